The maximum atomic E-state index is 14.2. The number of nitrogens with zero attached hydrogens (tertiary/aromatic N) is 2. The Balaban J connectivity index is 0.857. The highest BCUT2D eigenvalue weighted by molar-refractivity contribution is 5.84. The molecule has 2 heterocycles. The smallest absolute Gasteiger partial charge is 0.223 e. The van der Waals surface area contributed by atoms with Crippen LogP contribution in [0.2, 0.25) is 0 Å². The highest BCUT2D eigenvalue weighted by Crippen LogP contribution is 2.43. The largest absolute Gasteiger partial charge is 0.353 e. The molecule has 4 aliphatic carbocycles. The first-order chi connectivity index (χ1) is 25.8. The molecule has 0 bridgehead atoms. The Kier molecular flexibility index (Phi) is 10.8. The summed E-state index contributed by atoms with van der Waals surface area (Å²) >= 11 is 0. The Morgan fingerprint density at radius 3 is 1.77 bits per heavy atom. The molecular weight excluding hydrogens is 667 g/mol. The predicted molar refractivity (Wildman–Crippen MR) is 205 cm³/mol. The highest BCUT2D eigenvalue weighted by atomic mass is 19.1. The highest BCUT2D eigenvalue weighted by Gasteiger charge is 2.38. The second kappa shape index (κ2) is 15.8. The molecular formula is C45H54F2N4O2. The molecule has 4 aromatic rings. The van der Waals surface area contributed by atoms with E-state index in [1.807, 2.05) is 12.4 Å². The number of hydrogen-bond acceptors (Lipinski definition) is 4. The van der Waals surface area contributed by atoms with Crippen molar-refractivity contribution in [1.82, 2.24) is 20.6 Å². The fourth-order valence-corrected chi connectivity index (χ4v) is 10.3. The van der Waals surface area contributed by atoms with Gasteiger partial charge in [0.2, 0.25) is 11.8 Å². The summed E-state index contributed by atoms with van der Waals surface area (Å²) in [6.07, 6.45) is 18.8. The summed E-state index contributed by atoms with van der Waals surface area (Å²) in [6.45, 7) is 2.17. The van der Waals surface area contributed by atoms with Crippen LogP contribution in [0.25, 0.3) is 21.8 Å². The second-order valence-corrected chi connectivity index (χ2v) is 17.0. The maximum absolute atomic E-state index is 14.2. The number of amides is 2. The number of pyridine rings is 2. The number of hydrogen-bond donors (Lipinski definition) is 2. The van der Waals surface area contributed by atoms with Crippen LogP contribution >= 0.6 is 0 Å². The lowest BCUT2D eigenvalue weighted by atomic mass is 9.71. The van der Waals surface area contributed by atoms with Crippen LogP contribution in [0.4, 0.5) is 8.78 Å². The van der Waals surface area contributed by atoms with E-state index < -0.39 is 0 Å². The van der Waals surface area contributed by atoms with Gasteiger partial charge in [-0.25, -0.2) is 8.78 Å². The zero-order valence-electron chi connectivity index (χ0n) is 31.0. The van der Waals surface area contributed by atoms with Crippen molar-refractivity contribution in [1.29, 1.82) is 0 Å². The standard InChI is InChI=1S/C45H54F2N4O2/c1-27(29-5-7-30(8-6-29)37-19-21-48-41-17-15-35(46)25-39(37)41)50-45(53)34-4-2-3-28(23-34)24-43(51-44(52)33-13-14-33)32-11-9-31(10-12-32)38-20-22-49-42-18-16-36(47)26-40(38)42/h15-22,25-34,43H,2-14,23-24H2,1H3,(H,50,53)(H,51,52)/t27-,28?,29-,30+,31-,32+,34?,43-/m1/s1. The Hall–Kier alpha value is -3.94. The number of carbonyl (C=O) groups is 2. The minimum absolute atomic E-state index is 0.0153. The monoisotopic (exact) mass is 720 g/mol. The zero-order valence-corrected chi connectivity index (χ0v) is 31.0. The van der Waals surface area contributed by atoms with E-state index in [-0.39, 0.29) is 47.4 Å². The summed E-state index contributed by atoms with van der Waals surface area (Å²) in [4.78, 5) is 35.8. The molecule has 0 spiro atoms. The summed E-state index contributed by atoms with van der Waals surface area (Å²) in [5.41, 5.74) is 4.06. The normalized spacial score (nSPS) is 27.6. The summed E-state index contributed by atoms with van der Waals surface area (Å²) in [6, 6.07) is 14.1. The molecule has 2 N–H and O–H groups in total. The van der Waals surface area contributed by atoms with Crippen LogP contribution in [-0.2, 0) is 9.59 Å². The van der Waals surface area contributed by atoms with Crippen molar-refractivity contribution in [2.24, 2.45) is 29.6 Å². The van der Waals surface area contributed by atoms with Gasteiger partial charge >= 0.3 is 0 Å². The predicted octanol–water partition coefficient (Wildman–Crippen LogP) is 9.90. The Morgan fingerprint density at radius 2 is 1.21 bits per heavy atom. The van der Waals surface area contributed by atoms with Crippen LogP contribution in [-0.4, -0.2) is 33.9 Å². The molecule has 8 heteroatoms. The molecule has 53 heavy (non-hydrogen) atoms. The van der Waals surface area contributed by atoms with E-state index in [0.717, 1.165) is 118 Å². The van der Waals surface area contributed by atoms with Crippen molar-refractivity contribution in [3.63, 3.8) is 0 Å². The van der Waals surface area contributed by atoms with E-state index in [0.29, 0.717) is 29.6 Å². The minimum Gasteiger partial charge on any atom is -0.353 e. The van der Waals surface area contributed by atoms with E-state index >= 15 is 0 Å². The molecule has 6 nitrogen and oxygen atoms in total. The maximum Gasteiger partial charge on any atom is 0.223 e. The van der Waals surface area contributed by atoms with Crippen LogP contribution in [0, 0.1) is 41.2 Å². The van der Waals surface area contributed by atoms with E-state index in [2.05, 4.69) is 39.7 Å². The van der Waals surface area contributed by atoms with Crippen LogP contribution in [0.3, 0.4) is 0 Å². The van der Waals surface area contributed by atoms with Gasteiger partial charge < -0.3 is 10.6 Å². The molecule has 4 aliphatic rings. The van der Waals surface area contributed by atoms with Crippen molar-refractivity contribution in [2.45, 2.75) is 127 Å². The zero-order chi connectivity index (χ0) is 36.5. The van der Waals surface area contributed by atoms with E-state index in [4.69, 9.17) is 0 Å². The first-order valence-corrected chi connectivity index (χ1v) is 20.5. The van der Waals surface area contributed by atoms with Crippen LogP contribution in [0.15, 0.2) is 60.9 Å². The number of benzene rings is 2. The summed E-state index contributed by atoms with van der Waals surface area (Å²) < 4.78 is 28.3. The van der Waals surface area contributed by atoms with Crippen molar-refractivity contribution < 1.29 is 18.4 Å². The van der Waals surface area contributed by atoms with Gasteiger partial charge in [-0.05, 0) is 180 Å². The van der Waals surface area contributed by atoms with Crippen LogP contribution in [0.5, 0.6) is 0 Å². The van der Waals surface area contributed by atoms with Crippen molar-refractivity contribution in [3.05, 3.63) is 83.7 Å². The molecule has 280 valence electrons. The third kappa shape index (κ3) is 8.27. The fourth-order valence-electron chi connectivity index (χ4n) is 10.3. The second-order valence-electron chi connectivity index (χ2n) is 17.0. The SMILES string of the molecule is C[C@@H](NC(=O)C1CCCC(C[C@@H](NC(=O)C2CC2)[C@H]2CC[C@@H](c3ccnc4ccc(F)cc43)CC2)C1)[C@H]1CC[C@@H](c2ccnc3ccc(F)cc32)CC1. The van der Waals surface area contributed by atoms with Crippen LogP contribution < -0.4 is 10.6 Å². The number of halogens is 2. The molecule has 0 radical (unpaired) electrons. The number of aromatic nitrogens is 2. The summed E-state index contributed by atoms with van der Waals surface area (Å²) in [5, 5.41) is 8.79. The number of carbonyl (C=O) groups excluding carboxylic acids is 2. The first kappa shape index (κ1) is 36.1. The lowest BCUT2D eigenvalue weighted by Crippen LogP contribution is -2.45. The number of rotatable bonds is 10. The molecule has 2 unspecified atom stereocenters. The van der Waals surface area contributed by atoms with E-state index in [1.165, 1.54) is 23.3 Å². The first-order valence-electron chi connectivity index (χ1n) is 20.5. The lowest BCUT2D eigenvalue weighted by molar-refractivity contribution is -0.128. The van der Waals surface area contributed by atoms with Gasteiger partial charge in [0, 0.05) is 47.1 Å². The average Bonchev–Trinajstić information content (AvgIpc) is 4.04. The van der Waals surface area contributed by atoms with Gasteiger partial charge in [-0.1, -0.05) is 12.8 Å². The van der Waals surface area contributed by atoms with E-state index in [1.54, 1.807) is 24.3 Å². The summed E-state index contributed by atoms with van der Waals surface area (Å²) in [5.74, 6) is 2.13. The molecule has 0 saturated heterocycles. The molecule has 4 atom stereocenters. The van der Waals surface area contributed by atoms with Crippen molar-refractivity contribution in [2.75, 3.05) is 0 Å². The Bertz CT molecular complexity index is 1930. The lowest BCUT2D eigenvalue weighted by Gasteiger charge is -2.38. The van der Waals surface area contributed by atoms with Crippen LogP contribution in [0.1, 0.15) is 126 Å². The van der Waals surface area contributed by atoms with Gasteiger partial charge in [0.25, 0.3) is 0 Å². The Morgan fingerprint density at radius 1 is 0.660 bits per heavy atom. The minimum atomic E-state index is -0.227. The molecule has 2 aromatic heterocycles. The van der Waals surface area contributed by atoms with Gasteiger partial charge in [-0.15, -0.1) is 0 Å². The third-order valence-corrected chi connectivity index (χ3v) is 13.6. The molecule has 0 aliphatic heterocycles. The number of fused-ring (bicyclic) bond motifs is 2. The topological polar surface area (TPSA) is 84.0 Å². The van der Waals surface area contributed by atoms with Gasteiger partial charge in [0.05, 0.1) is 11.0 Å². The fraction of sp³-hybridized carbons (Fsp3) is 0.556. The molecule has 8 rings (SSSR count). The van der Waals surface area contributed by atoms with Crippen molar-refractivity contribution >= 4 is 33.6 Å². The third-order valence-electron chi connectivity index (χ3n) is 13.6. The molecule has 2 amide bonds. The molecule has 4 fully saturated rings. The van der Waals surface area contributed by atoms with Gasteiger partial charge in [-0.3, -0.25) is 19.6 Å². The average molecular weight is 721 g/mol. The Labute approximate surface area is 312 Å². The molecule has 4 saturated carbocycles. The molecule has 2 aromatic carbocycles. The van der Waals surface area contributed by atoms with Crippen molar-refractivity contribution in [3.8, 4) is 0 Å². The summed E-state index contributed by atoms with van der Waals surface area (Å²) in [7, 11) is 0. The van der Waals surface area contributed by atoms with Gasteiger partial charge in [0.1, 0.15) is 11.6 Å². The number of nitrogens with one attached hydrogen (secondary N) is 2. The van der Waals surface area contributed by atoms with Gasteiger partial charge in [0.15, 0.2) is 0 Å². The van der Waals surface area contributed by atoms with E-state index in [9.17, 15) is 18.4 Å². The quantitative estimate of drug-likeness (QED) is 0.171. The van der Waals surface area contributed by atoms with Gasteiger partial charge in [-0.2, -0.15) is 0 Å².